The maximum atomic E-state index is 2.56. The zero-order valence-electron chi connectivity index (χ0n) is 46.9. The van der Waals surface area contributed by atoms with Crippen LogP contribution >= 0.6 is 0 Å². The average molecular weight is 1080 g/mol. The lowest BCUT2D eigenvalue weighted by molar-refractivity contribution is 0.777. The van der Waals surface area contributed by atoms with E-state index in [4.69, 9.17) is 0 Å². The predicted molar refractivity (Wildman–Crippen MR) is 363 cm³/mol. The molecular formula is C86H50. The van der Waals surface area contributed by atoms with Crippen molar-refractivity contribution in [2.75, 3.05) is 0 Å². The van der Waals surface area contributed by atoms with Gasteiger partial charge in [-0.15, -0.1) is 0 Å². The van der Waals surface area contributed by atoms with Crippen LogP contribution in [-0.2, 0) is 10.8 Å². The van der Waals surface area contributed by atoms with Gasteiger partial charge in [-0.3, -0.25) is 0 Å². The molecule has 0 N–H and O–H groups in total. The molecule has 0 heterocycles. The summed E-state index contributed by atoms with van der Waals surface area (Å²) in [4.78, 5) is 0. The minimum absolute atomic E-state index is 0.598. The molecule has 0 aliphatic heterocycles. The molecule has 18 aromatic rings. The average Bonchev–Trinajstić information content (AvgIpc) is 1.54. The largest absolute Gasteiger partial charge is 0.0719 e. The summed E-state index contributed by atoms with van der Waals surface area (Å²) in [5.41, 5.74) is 19.3. The highest BCUT2D eigenvalue weighted by Gasteiger charge is 2.49. The van der Waals surface area contributed by atoms with Gasteiger partial charge in [-0.25, -0.2) is 0 Å². The molecule has 86 heavy (non-hydrogen) atoms. The Morgan fingerprint density at radius 1 is 0.163 bits per heavy atom. The van der Waals surface area contributed by atoms with Crippen LogP contribution in [0.1, 0.15) is 44.5 Å². The molecule has 0 fully saturated rings. The molecule has 0 saturated carbocycles. The van der Waals surface area contributed by atoms with Crippen molar-refractivity contribution in [2.24, 2.45) is 0 Å². The SMILES string of the molecule is c1ccc(C2(c3ccc4ccc5cccc6ccc3c4c56)c3ccccc3-c3ccc(-c4ccc5ccc6c(-c7ccc8c(c7)C(c7ccccc7)(c7ccc9ccc%10cccc%11ccc7c9c%10%11)c7ccccc7-8)ccc7ccc4c5c76)cc32)cc1. The number of rotatable bonds is 6. The standard InChI is InChI=1S/C86H50/c1-3-17-61(18-4-1)85(75-47-37-55-27-25-51-13-11-15-53-33-45-71(75)83(55)79(51)53)73-23-9-7-21-65(73)67-41-35-59(49-77(67)85)63-39-29-57-32-44-70-64(40-30-58-31-43-69(63)81(57)82(58)70)60-36-42-68-66-22-8-10-24-74(66)86(78(68)50-60,62-19-5-2-6-20-62)76-48-38-56-28-26-52-14-12-16-54-34-46-72(76)84(56)80(52)54/h1-50H. The lowest BCUT2D eigenvalue weighted by Crippen LogP contribution is -2.29. The first kappa shape index (κ1) is 46.6. The first-order valence-electron chi connectivity index (χ1n) is 30.3. The summed E-state index contributed by atoms with van der Waals surface area (Å²) in [6, 6.07) is 117. The zero-order valence-corrected chi connectivity index (χ0v) is 46.9. The van der Waals surface area contributed by atoms with E-state index in [1.54, 1.807) is 0 Å². The van der Waals surface area contributed by atoms with Crippen LogP contribution in [0.3, 0.4) is 0 Å². The molecule has 0 spiro atoms. The fourth-order valence-corrected chi connectivity index (χ4v) is 17.2. The Bertz CT molecular complexity index is 5490. The Morgan fingerprint density at radius 3 is 0.884 bits per heavy atom. The van der Waals surface area contributed by atoms with Crippen LogP contribution in [0, 0.1) is 0 Å². The van der Waals surface area contributed by atoms with Crippen molar-refractivity contribution >= 4 is 97.0 Å². The summed E-state index contributed by atoms with van der Waals surface area (Å²) in [6.45, 7) is 0. The van der Waals surface area contributed by atoms with Crippen LogP contribution < -0.4 is 0 Å². The zero-order chi connectivity index (χ0) is 56.0. The topological polar surface area (TPSA) is 0 Å². The molecule has 0 bridgehead atoms. The van der Waals surface area contributed by atoms with Gasteiger partial charge in [0.1, 0.15) is 0 Å². The molecule has 0 heteroatoms. The van der Waals surface area contributed by atoms with Crippen LogP contribution in [0.4, 0.5) is 0 Å². The van der Waals surface area contributed by atoms with Crippen molar-refractivity contribution in [1.82, 2.24) is 0 Å². The third-order valence-corrected chi connectivity index (χ3v) is 20.7. The predicted octanol–water partition coefficient (Wildman–Crippen LogP) is 22.4. The Kier molecular flexibility index (Phi) is 9.14. The van der Waals surface area contributed by atoms with Gasteiger partial charge in [0.25, 0.3) is 0 Å². The first-order chi connectivity index (χ1) is 42.6. The highest BCUT2D eigenvalue weighted by Crippen LogP contribution is 2.61. The van der Waals surface area contributed by atoms with Gasteiger partial charge >= 0.3 is 0 Å². The van der Waals surface area contributed by atoms with Gasteiger partial charge in [0.05, 0.1) is 10.8 Å². The van der Waals surface area contributed by atoms with Crippen molar-refractivity contribution in [2.45, 2.75) is 10.8 Å². The molecule has 0 radical (unpaired) electrons. The van der Waals surface area contributed by atoms with Gasteiger partial charge in [0.15, 0.2) is 0 Å². The van der Waals surface area contributed by atoms with Crippen molar-refractivity contribution < 1.29 is 0 Å². The van der Waals surface area contributed by atoms with Crippen LogP contribution in [0.5, 0.6) is 0 Å². The molecule has 0 nitrogen and oxygen atoms in total. The Balaban J connectivity index is 0.801. The van der Waals surface area contributed by atoms with Gasteiger partial charge < -0.3 is 0 Å². The molecule has 394 valence electrons. The Morgan fingerprint density at radius 2 is 0.465 bits per heavy atom. The van der Waals surface area contributed by atoms with E-state index < -0.39 is 10.8 Å². The van der Waals surface area contributed by atoms with E-state index in [0.29, 0.717) is 0 Å². The second kappa shape index (κ2) is 16.9. The third kappa shape index (κ3) is 5.84. The smallest absolute Gasteiger partial charge is 0.0622 e. The lowest BCUT2D eigenvalue weighted by atomic mass is 9.66. The quantitative estimate of drug-likeness (QED) is 0.146. The Labute approximate surface area is 497 Å². The minimum atomic E-state index is -0.598. The molecule has 2 aliphatic rings. The summed E-state index contributed by atoms with van der Waals surface area (Å²) in [7, 11) is 0. The maximum Gasteiger partial charge on any atom is 0.0719 e. The third-order valence-electron chi connectivity index (χ3n) is 20.7. The second-order valence-corrected chi connectivity index (χ2v) is 24.4. The molecule has 20 rings (SSSR count). The monoisotopic (exact) mass is 1080 g/mol. The molecular weight excluding hydrogens is 1030 g/mol. The van der Waals surface area contributed by atoms with Crippen molar-refractivity contribution in [3.8, 4) is 44.5 Å². The molecule has 0 aromatic heterocycles. The first-order valence-corrected chi connectivity index (χ1v) is 30.3. The Hall–Kier alpha value is -10.9. The van der Waals surface area contributed by atoms with Gasteiger partial charge in [0, 0.05) is 0 Å². The van der Waals surface area contributed by atoms with E-state index >= 15 is 0 Å². The van der Waals surface area contributed by atoms with E-state index in [1.165, 1.54) is 186 Å². The van der Waals surface area contributed by atoms with E-state index in [2.05, 4.69) is 303 Å². The van der Waals surface area contributed by atoms with E-state index in [9.17, 15) is 0 Å². The molecule has 0 amide bonds. The van der Waals surface area contributed by atoms with Gasteiger partial charge in [-0.05, 0) is 198 Å². The molecule has 2 atom stereocenters. The van der Waals surface area contributed by atoms with E-state index in [1.807, 2.05) is 0 Å². The van der Waals surface area contributed by atoms with Crippen molar-refractivity contribution in [3.63, 3.8) is 0 Å². The summed E-state index contributed by atoms with van der Waals surface area (Å²) >= 11 is 0. The van der Waals surface area contributed by atoms with Crippen LogP contribution in [0.15, 0.2) is 303 Å². The lowest BCUT2D eigenvalue weighted by Gasteiger charge is -2.35. The van der Waals surface area contributed by atoms with E-state index in [-0.39, 0.29) is 0 Å². The molecule has 2 aliphatic carbocycles. The van der Waals surface area contributed by atoms with E-state index in [0.717, 1.165) is 0 Å². The molecule has 18 aromatic carbocycles. The van der Waals surface area contributed by atoms with Gasteiger partial charge in [0.2, 0.25) is 0 Å². The molecule has 0 saturated heterocycles. The van der Waals surface area contributed by atoms with Crippen LogP contribution in [-0.4, -0.2) is 0 Å². The number of fused-ring (bicyclic) bond motifs is 6. The van der Waals surface area contributed by atoms with Crippen molar-refractivity contribution in [3.05, 3.63) is 348 Å². The minimum Gasteiger partial charge on any atom is -0.0622 e. The maximum absolute atomic E-state index is 2.56. The van der Waals surface area contributed by atoms with Crippen LogP contribution in [0.2, 0.25) is 0 Å². The summed E-state index contributed by atoms with van der Waals surface area (Å²) in [6.07, 6.45) is 0. The van der Waals surface area contributed by atoms with Crippen LogP contribution in [0.25, 0.3) is 141 Å². The summed E-state index contributed by atoms with van der Waals surface area (Å²) in [5.74, 6) is 0. The summed E-state index contributed by atoms with van der Waals surface area (Å²) < 4.78 is 0. The summed E-state index contributed by atoms with van der Waals surface area (Å²) in [5, 5.41) is 23.3. The highest BCUT2D eigenvalue weighted by atomic mass is 14.5. The fourth-order valence-electron chi connectivity index (χ4n) is 17.2. The number of benzene rings is 18. The second-order valence-electron chi connectivity index (χ2n) is 24.4. The van der Waals surface area contributed by atoms with Crippen molar-refractivity contribution in [1.29, 1.82) is 0 Å². The molecule has 2 unspecified atom stereocenters. The number of hydrogen-bond donors (Lipinski definition) is 0. The van der Waals surface area contributed by atoms with Gasteiger partial charge in [-0.2, -0.15) is 0 Å². The number of hydrogen-bond acceptors (Lipinski definition) is 0. The normalized spacial score (nSPS) is 16.2. The highest BCUT2D eigenvalue weighted by molar-refractivity contribution is 6.29. The van der Waals surface area contributed by atoms with Gasteiger partial charge in [-0.1, -0.05) is 291 Å². The fraction of sp³-hybridized carbons (Fsp3) is 0.0233.